The molecule has 1 unspecified atom stereocenters. The van der Waals surface area contributed by atoms with Crippen molar-refractivity contribution in [2.75, 3.05) is 50.1 Å². The molecule has 2 heterocycles. The Balaban J connectivity index is 1.48. The lowest BCUT2D eigenvalue weighted by Gasteiger charge is -2.32. The number of rotatable bonds is 11. The molecule has 8 nitrogen and oxygen atoms in total. The zero-order valence-corrected chi connectivity index (χ0v) is 23.3. The van der Waals surface area contributed by atoms with Gasteiger partial charge in [-0.05, 0) is 86.9 Å². The Bertz CT molecular complexity index is 1120. The highest BCUT2D eigenvalue weighted by atomic mass is 32.1. The van der Waals surface area contributed by atoms with Crippen LogP contribution in [0.5, 0.6) is 11.5 Å². The summed E-state index contributed by atoms with van der Waals surface area (Å²) in [5, 5.41) is 3.35. The first-order chi connectivity index (χ1) is 18.4. The predicted molar refractivity (Wildman–Crippen MR) is 154 cm³/mol. The van der Waals surface area contributed by atoms with Crippen LogP contribution in [0.2, 0.25) is 0 Å². The summed E-state index contributed by atoms with van der Waals surface area (Å²) in [5.74, 6) is 1.70. The zero-order chi connectivity index (χ0) is 27.1. The lowest BCUT2D eigenvalue weighted by Crippen LogP contribution is -2.44. The van der Waals surface area contributed by atoms with Gasteiger partial charge in [-0.3, -0.25) is 14.5 Å². The molecule has 2 fully saturated rings. The largest absolute Gasteiger partial charge is 0.497 e. The van der Waals surface area contributed by atoms with Crippen molar-refractivity contribution in [2.45, 2.75) is 45.6 Å². The third-order valence-electron chi connectivity index (χ3n) is 7.15. The van der Waals surface area contributed by atoms with Crippen molar-refractivity contribution in [3.05, 3.63) is 48.5 Å². The van der Waals surface area contributed by atoms with Crippen molar-refractivity contribution < 1.29 is 19.1 Å². The average molecular weight is 539 g/mol. The molecule has 2 saturated heterocycles. The highest BCUT2D eigenvalue weighted by Gasteiger charge is 2.44. The van der Waals surface area contributed by atoms with E-state index in [0.717, 1.165) is 37.7 Å². The Hall–Kier alpha value is -3.17. The summed E-state index contributed by atoms with van der Waals surface area (Å²) >= 11 is 5.82. The summed E-state index contributed by atoms with van der Waals surface area (Å²) in [7, 11) is 1.59. The van der Waals surface area contributed by atoms with Gasteiger partial charge in [0.05, 0.1) is 25.8 Å². The molecule has 4 rings (SSSR count). The molecule has 0 spiro atoms. The molecule has 2 amide bonds. The van der Waals surface area contributed by atoms with Gasteiger partial charge in [-0.2, -0.15) is 0 Å². The maximum absolute atomic E-state index is 13.7. The first kappa shape index (κ1) is 27.9. The molecule has 1 N–H and O–H groups in total. The quantitative estimate of drug-likeness (QED) is 0.421. The Labute approximate surface area is 230 Å². The number of nitrogens with zero attached hydrogens (tertiary/aromatic N) is 3. The summed E-state index contributed by atoms with van der Waals surface area (Å²) < 4.78 is 11.0. The molecule has 0 bridgehead atoms. The summed E-state index contributed by atoms with van der Waals surface area (Å²) in [6, 6.07) is 13.9. The van der Waals surface area contributed by atoms with Gasteiger partial charge < -0.3 is 24.6 Å². The van der Waals surface area contributed by atoms with Gasteiger partial charge >= 0.3 is 0 Å². The average Bonchev–Trinajstić information content (AvgIpc) is 3.16. The third-order valence-corrected chi connectivity index (χ3v) is 7.57. The Morgan fingerprint density at radius 2 is 1.82 bits per heavy atom. The molecule has 9 heteroatoms. The molecule has 1 atom stereocenters. The molecule has 204 valence electrons. The number of benzene rings is 2. The maximum atomic E-state index is 13.7. The van der Waals surface area contributed by atoms with Crippen LogP contribution in [0.4, 0.5) is 11.4 Å². The van der Waals surface area contributed by atoms with Crippen LogP contribution < -0.4 is 19.7 Å². The van der Waals surface area contributed by atoms with Crippen molar-refractivity contribution in [3.8, 4) is 11.5 Å². The maximum Gasteiger partial charge on any atom is 0.256 e. The Kier molecular flexibility index (Phi) is 9.58. The van der Waals surface area contributed by atoms with Crippen molar-refractivity contribution in [1.82, 2.24) is 9.80 Å². The smallest absolute Gasteiger partial charge is 0.256 e. The number of carbonyl (C=O) groups excluding carboxylic acids is 2. The van der Waals surface area contributed by atoms with Crippen LogP contribution in [0.1, 0.15) is 39.5 Å². The fourth-order valence-corrected chi connectivity index (χ4v) is 5.27. The van der Waals surface area contributed by atoms with Gasteiger partial charge in [-0.15, -0.1) is 0 Å². The summed E-state index contributed by atoms with van der Waals surface area (Å²) in [6.07, 6.45) is 3.28. The van der Waals surface area contributed by atoms with Crippen LogP contribution in [-0.2, 0) is 9.59 Å². The van der Waals surface area contributed by atoms with Crippen molar-refractivity contribution in [3.63, 3.8) is 0 Å². The molecule has 0 aromatic heterocycles. The molecule has 0 saturated carbocycles. The first-order valence-corrected chi connectivity index (χ1v) is 13.8. The van der Waals surface area contributed by atoms with Gasteiger partial charge in [0.1, 0.15) is 17.5 Å². The number of nitrogens with one attached hydrogen (secondary N) is 1. The second-order valence-corrected chi connectivity index (χ2v) is 10.4. The molecule has 2 aliphatic heterocycles. The van der Waals surface area contributed by atoms with E-state index in [9.17, 15) is 9.59 Å². The minimum atomic E-state index is -0.676. The number of hydrogen-bond donors (Lipinski definition) is 1. The lowest BCUT2D eigenvalue weighted by atomic mass is 9.99. The second kappa shape index (κ2) is 13.1. The van der Waals surface area contributed by atoms with Gasteiger partial charge in [-0.25, -0.2) is 0 Å². The number of carbonyl (C=O) groups is 2. The zero-order valence-electron chi connectivity index (χ0n) is 22.5. The number of hydrogen-bond acceptors (Lipinski definition) is 6. The second-order valence-electron chi connectivity index (χ2n) is 10.0. The van der Waals surface area contributed by atoms with Crippen molar-refractivity contribution >= 4 is 40.5 Å². The molecular formula is C29H38N4O4S. The summed E-state index contributed by atoms with van der Waals surface area (Å²) in [4.78, 5) is 32.7. The minimum Gasteiger partial charge on any atom is -0.497 e. The number of likely N-dealkylation sites (tertiary alicyclic amines) is 1. The van der Waals surface area contributed by atoms with Gasteiger partial charge in [0, 0.05) is 24.8 Å². The normalized spacial score (nSPS) is 18.7. The molecule has 2 aromatic rings. The van der Waals surface area contributed by atoms with Gasteiger partial charge in [0.25, 0.3) is 5.91 Å². The van der Waals surface area contributed by atoms with E-state index in [0.29, 0.717) is 35.4 Å². The SMILES string of the molecule is CCCOc1ccc(NC(=O)CC2C(=O)N(c3cccc(OC)c3)C(=S)N2CCN2CCC(C)CC2)cc1. The Morgan fingerprint density at radius 3 is 2.50 bits per heavy atom. The van der Waals surface area contributed by atoms with Gasteiger partial charge in [-0.1, -0.05) is 19.9 Å². The van der Waals surface area contributed by atoms with Crippen LogP contribution >= 0.6 is 12.2 Å². The topological polar surface area (TPSA) is 74.3 Å². The first-order valence-electron chi connectivity index (χ1n) is 13.4. The standard InChI is InChI=1S/C29H38N4O4S/c1-4-18-37-24-10-8-22(9-11-24)30-27(34)20-26-28(35)33(23-6-5-7-25(19-23)36-3)29(38)32(26)17-16-31-14-12-21(2)13-15-31/h5-11,19,21,26H,4,12-18,20H2,1-3H3,(H,30,34). The number of anilines is 2. The van der Waals surface area contributed by atoms with E-state index >= 15 is 0 Å². The van der Waals surface area contributed by atoms with E-state index in [2.05, 4.69) is 24.1 Å². The van der Waals surface area contributed by atoms with Crippen LogP contribution in [0.15, 0.2) is 48.5 Å². The summed E-state index contributed by atoms with van der Waals surface area (Å²) in [6.45, 7) is 8.45. The van der Waals surface area contributed by atoms with Crippen molar-refractivity contribution in [2.24, 2.45) is 5.92 Å². The number of ether oxygens (including phenoxy) is 2. The molecule has 0 radical (unpaired) electrons. The number of piperidine rings is 1. The third kappa shape index (κ3) is 6.82. The molecular weight excluding hydrogens is 500 g/mol. The monoisotopic (exact) mass is 538 g/mol. The van der Waals surface area contributed by atoms with Crippen LogP contribution in [0.25, 0.3) is 0 Å². The van der Waals surface area contributed by atoms with Crippen LogP contribution in [-0.4, -0.2) is 72.7 Å². The predicted octanol–water partition coefficient (Wildman–Crippen LogP) is 4.55. The van der Waals surface area contributed by atoms with E-state index < -0.39 is 6.04 Å². The van der Waals surface area contributed by atoms with E-state index in [1.807, 2.05) is 47.4 Å². The van der Waals surface area contributed by atoms with Crippen LogP contribution in [0, 0.1) is 5.92 Å². The number of thiocarbonyl (C=S) groups is 1. The minimum absolute atomic E-state index is 0.00453. The molecule has 38 heavy (non-hydrogen) atoms. The number of methoxy groups -OCH3 is 1. The molecule has 0 aliphatic carbocycles. The van der Waals surface area contributed by atoms with Crippen molar-refractivity contribution in [1.29, 1.82) is 0 Å². The fourth-order valence-electron chi connectivity index (χ4n) is 4.85. The van der Waals surface area contributed by atoms with E-state index in [1.165, 1.54) is 17.7 Å². The molecule has 2 aliphatic rings. The molecule has 2 aromatic carbocycles. The van der Waals surface area contributed by atoms with Gasteiger partial charge in [0.2, 0.25) is 5.91 Å². The highest BCUT2D eigenvalue weighted by Crippen LogP contribution is 2.30. The van der Waals surface area contributed by atoms with E-state index in [4.69, 9.17) is 21.7 Å². The Morgan fingerprint density at radius 1 is 1.08 bits per heavy atom. The lowest BCUT2D eigenvalue weighted by molar-refractivity contribution is -0.124. The fraction of sp³-hybridized carbons (Fsp3) is 0.483. The van der Waals surface area contributed by atoms with Gasteiger partial charge in [0.15, 0.2) is 5.11 Å². The van der Waals surface area contributed by atoms with E-state index in [1.54, 1.807) is 13.2 Å². The highest BCUT2D eigenvalue weighted by molar-refractivity contribution is 7.80. The van der Waals surface area contributed by atoms with Crippen LogP contribution in [0.3, 0.4) is 0 Å². The number of amides is 2. The summed E-state index contributed by atoms with van der Waals surface area (Å²) in [5.41, 5.74) is 1.30. The van der Waals surface area contributed by atoms with E-state index in [-0.39, 0.29) is 18.2 Å².